The summed E-state index contributed by atoms with van der Waals surface area (Å²) in [7, 11) is 3.70. The van der Waals surface area contributed by atoms with E-state index in [-0.39, 0.29) is 0 Å². The second-order valence-corrected chi connectivity index (χ2v) is 3.94. The molecule has 0 unspecified atom stereocenters. The maximum absolute atomic E-state index is 5.58. The molecule has 0 aliphatic heterocycles. The van der Waals surface area contributed by atoms with Crippen LogP contribution in [0, 0.1) is 0 Å². The van der Waals surface area contributed by atoms with Gasteiger partial charge in [-0.1, -0.05) is 18.2 Å². The van der Waals surface area contributed by atoms with E-state index < -0.39 is 0 Å². The lowest BCUT2D eigenvalue weighted by atomic mass is 10.2. The van der Waals surface area contributed by atoms with Gasteiger partial charge in [-0.2, -0.15) is 0 Å². The van der Waals surface area contributed by atoms with Crippen molar-refractivity contribution in [1.82, 2.24) is 9.88 Å². The molecule has 0 saturated carbocycles. The van der Waals surface area contributed by atoms with E-state index in [2.05, 4.69) is 4.98 Å². The van der Waals surface area contributed by atoms with Crippen molar-refractivity contribution in [3.8, 4) is 5.75 Å². The molecular weight excluding hydrogens is 220 g/mol. The number of fused-ring (bicyclic) bond motifs is 1. The molecule has 1 heterocycles. The lowest BCUT2D eigenvalue weighted by molar-refractivity contribution is 0.452. The van der Waals surface area contributed by atoms with Gasteiger partial charge >= 0.3 is 0 Å². The van der Waals surface area contributed by atoms with Crippen LogP contribution in [0.15, 0.2) is 36.5 Å². The van der Waals surface area contributed by atoms with Gasteiger partial charge < -0.3 is 9.64 Å². The fraction of sp³-hybridized carbons (Fsp3) is 0.167. The van der Waals surface area contributed by atoms with E-state index in [1.165, 1.54) is 0 Å². The highest BCUT2D eigenvalue weighted by Gasteiger charge is 2.06. The minimum atomic E-state index is 0.429. The summed E-state index contributed by atoms with van der Waals surface area (Å²) in [6.07, 6.45) is 1.74. The van der Waals surface area contributed by atoms with Gasteiger partial charge in [-0.25, -0.2) is 0 Å². The second kappa shape index (κ2) is 4.45. The number of benzene rings is 1. The number of hydrogen-bond donors (Lipinski definition) is 0. The first-order valence-electron chi connectivity index (χ1n) is 4.91. The molecule has 0 saturated heterocycles. The van der Waals surface area contributed by atoms with Crippen LogP contribution < -0.4 is 4.74 Å². The summed E-state index contributed by atoms with van der Waals surface area (Å²) in [6, 6.07) is 9.68. The van der Waals surface area contributed by atoms with Crippen LogP contribution in [0.4, 0.5) is 0 Å². The first-order valence-corrected chi connectivity index (χ1v) is 5.32. The molecule has 0 atom stereocenters. The minimum absolute atomic E-state index is 0.429. The third-order valence-electron chi connectivity index (χ3n) is 2.16. The maximum atomic E-state index is 5.58. The molecule has 0 spiro atoms. The fourth-order valence-corrected chi connectivity index (χ4v) is 1.43. The molecule has 2 aromatic rings. The van der Waals surface area contributed by atoms with Gasteiger partial charge in [-0.05, 0) is 24.4 Å². The zero-order chi connectivity index (χ0) is 11.5. The van der Waals surface area contributed by atoms with Gasteiger partial charge in [0.15, 0.2) is 5.75 Å². The molecule has 1 aromatic heterocycles. The lowest BCUT2D eigenvalue weighted by Crippen LogP contribution is -2.25. The molecule has 16 heavy (non-hydrogen) atoms. The molecule has 3 nitrogen and oxygen atoms in total. The average molecular weight is 232 g/mol. The number of aromatic nitrogens is 1. The van der Waals surface area contributed by atoms with E-state index in [0.29, 0.717) is 10.9 Å². The third kappa shape index (κ3) is 2.12. The largest absolute Gasteiger partial charge is 0.429 e. The van der Waals surface area contributed by atoms with Crippen molar-refractivity contribution in [2.75, 3.05) is 14.1 Å². The summed E-state index contributed by atoms with van der Waals surface area (Å²) >= 11 is 5.10. The number of nitrogens with zero attached hydrogens (tertiary/aromatic N) is 2. The van der Waals surface area contributed by atoms with E-state index >= 15 is 0 Å². The van der Waals surface area contributed by atoms with Crippen molar-refractivity contribution < 1.29 is 4.74 Å². The number of pyridine rings is 1. The number of hydrogen-bond acceptors (Lipinski definition) is 3. The van der Waals surface area contributed by atoms with Crippen molar-refractivity contribution in [3.63, 3.8) is 0 Å². The number of thiocarbonyl (C=S) groups is 1. The fourth-order valence-electron chi connectivity index (χ4n) is 1.34. The Bertz CT molecular complexity index is 520. The standard InChI is InChI=1S/C12H12N2OS/c1-14(2)12(16)15-10-7-3-5-9-6-4-8-13-11(9)10/h3-8H,1-2H3. The summed E-state index contributed by atoms with van der Waals surface area (Å²) in [5.74, 6) is 0.691. The average Bonchev–Trinajstić information content (AvgIpc) is 2.29. The normalized spacial score (nSPS) is 10.1. The molecule has 0 amide bonds. The Kier molecular flexibility index (Phi) is 3.01. The van der Waals surface area contributed by atoms with Gasteiger partial charge in [0.25, 0.3) is 5.17 Å². The Morgan fingerprint density at radius 3 is 2.75 bits per heavy atom. The Labute approximate surface area is 99.7 Å². The van der Waals surface area contributed by atoms with Crippen LogP contribution in [0.3, 0.4) is 0 Å². The summed E-state index contributed by atoms with van der Waals surface area (Å²) in [4.78, 5) is 6.04. The SMILES string of the molecule is CN(C)C(=S)Oc1cccc2cccnc12. The van der Waals surface area contributed by atoms with Crippen LogP contribution in [0.1, 0.15) is 0 Å². The van der Waals surface area contributed by atoms with Gasteiger partial charge in [0, 0.05) is 25.7 Å². The van der Waals surface area contributed by atoms with Crippen LogP contribution in [-0.4, -0.2) is 29.2 Å². The van der Waals surface area contributed by atoms with E-state index in [9.17, 15) is 0 Å². The molecular formula is C12H12N2OS. The lowest BCUT2D eigenvalue weighted by Gasteiger charge is -2.14. The molecule has 1 aromatic carbocycles. The Morgan fingerprint density at radius 2 is 2.00 bits per heavy atom. The monoisotopic (exact) mass is 232 g/mol. The molecule has 2 rings (SSSR count). The summed E-state index contributed by atoms with van der Waals surface area (Å²) in [5, 5.41) is 1.47. The predicted molar refractivity (Wildman–Crippen MR) is 68.7 cm³/mol. The molecule has 4 heteroatoms. The number of rotatable bonds is 1. The van der Waals surface area contributed by atoms with Gasteiger partial charge in [0.1, 0.15) is 5.52 Å². The highest BCUT2D eigenvalue weighted by molar-refractivity contribution is 7.80. The first-order chi connectivity index (χ1) is 7.68. The van der Waals surface area contributed by atoms with Crippen molar-refractivity contribution in [1.29, 1.82) is 0 Å². The van der Waals surface area contributed by atoms with Crippen LogP contribution in [0.25, 0.3) is 10.9 Å². The van der Waals surface area contributed by atoms with Crippen molar-refractivity contribution in [3.05, 3.63) is 36.5 Å². The molecule has 0 radical (unpaired) electrons. The number of ether oxygens (including phenoxy) is 1. The van der Waals surface area contributed by atoms with Crippen molar-refractivity contribution in [2.45, 2.75) is 0 Å². The molecule has 0 bridgehead atoms. The maximum Gasteiger partial charge on any atom is 0.264 e. The highest BCUT2D eigenvalue weighted by atomic mass is 32.1. The van der Waals surface area contributed by atoms with Gasteiger partial charge in [0.05, 0.1) is 0 Å². The van der Waals surface area contributed by atoms with E-state index in [1.54, 1.807) is 11.1 Å². The Hall–Kier alpha value is -1.68. The predicted octanol–water partition coefficient (Wildman–Crippen LogP) is 2.46. The zero-order valence-electron chi connectivity index (χ0n) is 9.18. The van der Waals surface area contributed by atoms with Crippen LogP contribution in [0.2, 0.25) is 0 Å². The Morgan fingerprint density at radius 1 is 1.25 bits per heavy atom. The summed E-state index contributed by atoms with van der Waals surface area (Å²) < 4.78 is 5.58. The minimum Gasteiger partial charge on any atom is -0.429 e. The summed E-state index contributed by atoms with van der Waals surface area (Å²) in [6.45, 7) is 0. The van der Waals surface area contributed by atoms with Crippen LogP contribution >= 0.6 is 12.2 Å². The second-order valence-electron chi connectivity index (χ2n) is 3.59. The topological polar surface area (TPSA) is 25.4 Å². The van der Waals surface area contributed by atoms with E-state index in [1.807, 2.05) is 44.4 Å². The quantitative estimate of drug-likeness (QED) is 0.705. The van der Waals surface area contributed by atoms with Gasteiger partial charge in [-0.3, -0.25) is 4.98 Å². The van der Waals surface area contributed by atoms with Crippen LogP contribution in [-0.2, 0) is 0 Å². The molecule has 0 aliphatic rings. The number of para-hydroxylation sites is 1. The zero-order valence-corrected chi connectivity index (χ0v) is 9.99. The van der Waals surface area contributed by atoms with E-state index in [0.717, 1.165) is 10.9 Å². The molecule has 0 aliphatic carbocycles. The molecule has 0 N–H and O–H groups in total. The van der Waals surface area contributed by atoms with Crippen LogP contribution in [0.5, 0.6) is 5.75 Å². The van der Waals surface area contributed by atoms with Crippen molar-refractivity contribution >= 4 is 28.3 Å². The molecule has 0 fully saturated rings. The van der Waals surface area contributed by atoms with Gasteiger partial charge in [0.2, 0.25) is 0 Å². The highest BCUT2D eigenvalue weighted by Crippen LogP contribution is 2.23. The third-order valence-corrected chi connectivity index (χ3v) is 2.61. The Balaban J connectivity index is 2.41. The molecule has 82 valence electrons. The van der Waals surface area contributed by atoms with E-state index in [4.69, 9.17) is 17.0 Å². The van der Waals surface area contributed by atoms with Gasteiger partial charge in [-0.15, -0.1) is 0 Å². The first kappa shape index (κ1) is 10.8. The van der Waals surface area contributed by atoms with Crippen molar-refractivity contribution in [2.24, 2.45) is 0 Å². The summed E-state index contributed by atoms with van der Waals surface area (Å²) in [5.41, 5.74) is 0.828. The smallest absolute Gasteiger partial charge is 0.264 e.